The molecule has 1 saturated heterocycles. The second-order valence-electron chi connectivity index (χ2n) is 4.98. The molecular weight excluding hydrogens is 274 g/mol. The number of carbonyl (C=O) groups is 1. The molecule has 0 aromatic carbocycles. The fourth-order valence-electron chi connectivity index (χ4n) is 2.50. The number of carboxylic acid groups (broad SMARTS) is 1. The van der Waals surface area contributed by atoms with Gasteiger partial charge in [0.1, 0.15) is 0 Å². The summed E-state index contributed by atoms with van der Waals surface area (Å²) in [5.41, 5.74) is 1.37. The molecule has 1 aliphatic heterocycles. The lowest BCUT2D eigenvalue weighted by atomic mass is 9.99. The number of aromatic nitrogens is 3. The Kier molecular flexibility index (Phi) is 3.74. The summed E-state index contributed by atoms with van der Waals surface area (Å²) in [5, 5.41) is 9.12. The van der Waals surface area contributed by atoms with E-state index >= 15 is 0 Å². The normalized spacial score (nSPS) is 18.8. The van der Waals surface area contributed by atoms with Crippen molar-refractivity contribution < 1.29 is 19.4 Å². The van der Waals surface area contributed by atoms with E-state index in [1.165, 1.54) is 6.20 Å². The molecule has 21 heavy (non-hydrogen) atoms. The maximum absolute atomic E-state index is 11.1. The Labute approximate surface area is 121 Å². The molecule has 3 heterocycles. The smallest absolute Gasteiger partial charge is 0.356 e. The van der Waals surface area contributed by atoms with Gasteiger partial charge in [-0.1, -0.05) is 0 Å². The number of hydrogen-bond acceptors (Lipinski definition) is 5. The van der Waals surface area contributed by atoms with Gasteiger partial charge < -0.3 is 14.6 Å². The monoisotopic (exact) mass is 291 g/mol. The van der Waals surface area contributed by atoms with Crippen molar-refractivity contribution in [2.24, 2.45) is 0 Å². The van der Waals surface area contributed by atoms with Crippen molar-refractivity contribution in [3.05, 3.63) is 23.8 Å². The molecular formula is C14H17N3O4. The molecule has 3 rings (SSSR count). The van der Waals surface area contributed by atoms with E-state index in [4.69, 9.17) is 14.6 Å². The van der Waals surface area contributed by atoms with Crippen LogP contribution in [0.25, 0.3) is 5.65 Å². The maximum atomic E-state index is 11.1. The van der Waals surface area contributed by atoms with Gasteiger partial charge in [-0.25, -0.2) is 14.8 Å². The van der Waals surface area contributed by atoms with E-state index < -0.39 is 5.97 Å². The van der Waals surface area contributed by atoms with E-state index in [1.54, 1.807) is 4.40 Å². The van der Waals surface area contributed by atoms with Crippen molar-refractivity contribution in [1.82, 2.24) is 14.4 Å². The molecule has 1 N–H and O–H groups in total. The van der Waals surface area contributed by atoms with Crippen LogP contribution in [0.3, 0.4) is 0 Å². The van der Waals surface area contributed by atoms with Crippen LogP contribution in [0.2, 0.25) is 0 Å². The topological polar surface area (TPSA) is 86.0 Å². The SMILES string of the molecule is CCOc1nc(C(=O)O)cn2cc(C3CCCOC3)nc12. The van der Waals surface area contributed by atoms with Gasteiger partial charge in [-0.15, -0.1) is 0 Å². The molecule has 1 atom stereocenters. The van der Waals surface area contributed by atoms with E-state index in [9.17, 15) is 4.79 Å². The van der Waals surface area contributed by atoms with Gasteiger partial charge in [-0.3, -0.25) is 4.40 Å². The molecule has 0 amide bonds. The number of aromatic carboxylic acids is 1. The fraction of sp³-hybridized carbons (Fsp3) is 0.500. The van der Waals surface area contributed by atoms with Crippen LogP contribution in [-0.4, -0.2) is 45.3 Å². The summed E-state index contributed by atoms with van der Waals surface area (Å²) in [5.74, 6) is -0.601. The van der Waals surface area contributed by atoms with Gasteiger partial charge in [0.15, 0.2) is 5.69 Å². The molecule has 7 nitrogen and oxygen atoms in total. The predicted octanol–water partition coefficient (Wildman–Crippen LogP) is 1.72. The molecule has 1 aliphatic rings. The van der Waals surface area contributed by atoms with Crippen molar-refractivity contribution in [3.63, 3.8) is 0 Å². The summed E-state index contributed by atoms with van der Waals surface area (Å²) < 4.78 is 12.6. The van der Waals surface area contributed by atoms with Crippen LogP contribution in [0.1, 0.15) is 41.9 Å². The molecule has 0 radical (unpaired) electrons. The first-order valence-electron chi connectivity index (χ1n) is 7.02. The molecule has 112 valence electrons. The average molecular weight is 291 g/mol. The fourth-order valence-corrected chi connectivity index (χ4v) is 2.50. The highest BCUT2D eigenvalue weighted by Crippen LogP contribution is 2.27. The van der Waals surface area contributed by atoms with Gasteiger partial charge in [0.25, 0.3) is 5.88 Å². The number of nitrogens with zero attached hydrogens (tertiary/aromatic N) is 3. The largest absolute Gasteiger partial charge is 0.476 e. The molecule has 0 bridgehead atoms. The first-order valence-corrected chi connectivity index (χ1v) is 7.02. The third-order valence-corrected chi connectivity index (χ3v) is 3.50. The Morgan fingerprint density at radius 1 is 1.52 bits per heavy atom. The van der Waals surface area contributed by atoms with Crippen LogP contribution < -0.4 is 4.74 Å². The van der Waals surface area contributed by atoms with Crippen LogP contribution in [0.4, 0.5) is 0 Å². The predicted molar refractivity (Wildman–Crippen MR) is 73.9 cm³/mol. The van der Waals surface area contributed by atoms with Gasteiger partial charge in [-0.2, -0.15) is 0 Å². The Bertz CT molecular complexity index is 662. The number of carboxylic acids is 1. The lowest BCUT2D eigenvalue weighted by Crippen LogP contribution is -2.15. The van der Waals surface area contributed by atoms with Gasteiger partial charge in [0.05, 0.1) is 18.9 Å². The van der Waals surface area contributed by atoms with Crippen molar-refractivity contribution >= 4 is 11.6 Å². The Morgan fingerprint density at radius 2 is 2.38 bits per heavy atom. The zero-order valence-electron chi connectivity index (χ0n) is 11.8. The zero-order chi connectivity index (χ0) is 14.8. The van der Waals surface area contributed by atoms with Gasteiger partial charge in [0, 0.05) is 24.9 Å². The number of imidazole rings is 1. The molecule has 0 spiro atoms. The van der Waals surface area contributed by atoms with Crippen LogP contribution in [0, 0.1) is 0 Å². The Hall–Kier alpha value is -2.15. The van der Waals surface area contributed by atoms with E-state index in [-0.39, 0.29) is 17.5 Å². The molecule has 2 aromatic rings. The van der Waals surface area contributed by atoms with E-state index in [0.717, 1.165) is 25.1 Å². The summed E-state index contributed by atoms with van der Waals surface area (Å²) in [6.45, 7) is 3.66. The third-order valence-electron chi connectivity index (χ3n) is 3.50. The number of hydrogen-bond donors (Lipinski definition) is 1. The highest BCUT2D eigenvalue weighted by Gasteiger charge is 2.21. The molecule has 2 aromatic heterocycles. The van der Waals surface area contributed by atoms with E-state index in [2.05, 4.69) is 9.97 Å². The molecule has 7 heteroatoms. The van der Waals surface area contributed by atoms with Crippen molar-refractivity contribution in [2.75, 3.05) is 19.8 Å². The standard InChI is InChI=1S/C14H17N3O4/c1-2-21-13-12-15-10(9-4-3-5-20-8-9)6-17(12)7-11(16-13)14(18)19/h6-7,9H,2-5,8H2,1H3,(H,18,19). The summed E-state index contributed by atoms with van der Waals surface area (Å²) >= 11 is 0. The molecule has 0 saturated carbocycles. The number of rotatable bonds is 4. The van der Waals surface area contributed by atoms with Gasteiger partial charge >= 0.3 is 5.97 Å². The van der Waals surface area contributed by atoms with Gasteiger partial charge in [0.2, 0.25) is 5.65 Å². The Balaban J connectivity index is 2.05. The molecule has 1 fully saturated rings. The minimum absolute atomic E-state index is 0.0604. The Morgan fingerprint density at radius 3 is 3.05 bits per heavy atom. The van der Waals surface area contributed by atoms with Crippen LogP contribution in [-0.2, 0) is 4.74 Å². The van der Waals surface area contributed by atoms with Crippen molar-refractivity contribution in [3.8, 4) is 5.88 Å². The molecule has 0 aliphatic carbocycles. The van der Waals surface area contributed by atoms with Gasteiger partial charge in [-0.05, 0) is 19.8 Å². The lowest BCUT2D eigenvalue weighted by Gasteiger charge is -2.19. The third kappa shape index (κ3) is 2.69. The van der Waals surface area contributed by atoms with E-state index in [1.807, 2.05) is 13.1 Å². The first-order chi connectivity index (χ1) is 10.2. The lowest BCUT2D eigenvalue weighted by molar-refractivity contribution is 0.0688. The minimum atomic E-state index is -1.09. The first kappa shape index (κ1) is 13.8. The van der Waals surface area contributed by atoms with Crippen molar-refractivity contribution in [1.29, 1.82) is 0 Å². The van der Waals surface area contributed by atoms with Crippen LogP contribution >= 0.6 is 0 Å². The summed E-state index contributed by atoms with van der Waals surface area (Å²) in [6, 6.07) is 0. The van der Waals surface area contributed by atoms with Crippen LogP contribution in [0.5, 0.6) is 5.88 Å². The summed E-state index contributed by atoms with van der Waals surface area (Å²) in [6.07, 6.45) is 5.33. The van der Waals surface area contributed by atoms with Crippen molar-refractivity contribution in [2.45, 2.75) is 25.7 Å². The summed E-state index contributed by atoms with van der Waals surface area (Å²) in [4.78, 5) is 19.7. The summed E-state index contributed by atoms with van der Waals surface area (Å²) in [7, 11) is 0. The average Bonchev–Trinajstić information content (AvgIpc) is 2.92. The number of fused-ring (bicyclic) bond motifs is 1. The highest BCUT2D eigenvalue weighted by molar-refractivity contribution is 5.85. The second kappa shape index (κ2) is 5.69. The second-order valence-corrected chi connectivity index (χ2v) is 4.98. The van der Waals surface area contributed by atoms with E-state index in [0.29, 0.717) is 18.9 Å². The molecule has 1 unspecified atom stereocenters. The highest BCUT2D eigenvalue weighted by atomic mass is 16.5. The zero-order valence-corrected chi connectivity index (χ0v) is 11.8. The van der Waals surface area contributed by atoms with Crippen LogP contribution in [0.15, 0.2) is 12.4 Å². The quantitative estimate of drug-likeness (QED) is 0.923. The number of ether oxygens (including phenoxy) is 2. The minimum Gasteiger partial charge on any atom is -0.476 e. The maximum Gasteiger partial charge on any atom is 0.356 e.